The van der Waals surface area contributed by atoms with Crippen LogP contribution in [0.4, 0.5) is 8.78 Å². The van der Waals surface area contributed by atoms with Crippen molar-refractivity contribution in [3.63, 3.8) is 0 Å². The number of guanidine groups is 1. The third-order valence-electron chi connectivity index (χ3n) is 5.05. The predicted octanol–water partition coefficient (Wildman–Crippen LogP) is 3.08. The largest absolute Gasteiger partial charge is 0.372 e. The molecule has 0 saturated carbocycles. The average Bonchev–Trinajstić information content (AvgIpc) is 2.75. The topological polar surface area (TPSA) is 66.0 Å². The van der Waals surface area contributed by atoms with Crippen LogP contribution in [0.3, 0.4) is 0 Å². The predicted molar refractivity (Wildman–Crippen MR) is 116 cm³/mol. The van der Waals surface area contributed by atoms with E-state index in [0.29, 0.717) is 31.2 Å². The second-order valence-corrected chi connectivity index (χ2v) is 7.68. The number of hydrogen-bond acceptors (Lipinski definition) is 3. The van der Waals surface area contributed by atoms with Crippen molar-refractivity contribution in [1.82, 2.24) is 15.5 Å². The number of halogens is 2. The molecule has 8 heteroatoms. The Labute approximate surface area is 181 Å². The molecule has 31 heavy (non-hydrogen) atoms. The Kier molecular flexibility index (Phi) is 7.57. The third-order valence-corrected chi connectivity index (χ3v) is 5.05. The Hall–Kier alpha value is -3.00. The molecule has 1 heterocycles. The maximum Gasteiger partial charge on any atom is 0.254 e. The lowest BCUT2D eigenvalue weighted by atomic mass is 10.1. The summed E-state index contributed by atoms with van der Waals surface area (Å²) in [6.07, 6.45) is 0.0487. The van der Waals surface area contributed by atoms with E-state index in [1.807, 2.05) is 43.0 Å². The molecule has 1 saturated heterocycles. The molecule has 1 amide bonds. The van der Waals surface area contributed by atoms with Gasteiger partial charge in [0.05, 0.1) is 12.2 Å². The first-order valence-electron chi connectivity index (χ1n) is 10.3. The van der Waals surface area contributed by atoms with Crippen LogP contribution in [-0.2, 0) is 17.8 Å². The molecular formula is C23H28F2N4O2. The molecule has 1 aliphatic heterocycles. The van der Waals surface area contributed by atoms with Crippen LogP contribution < -0.4 is 10.6 Å². The maximum absolute atomic E-state index is 13.8. The second-order valence-electron chi connectivity index (χ2n) is 7.68. The van der Waals surface area contributed by atoms with Crippen molar-refractivity contribution in [2.75, 3.05) is 20.1 Å². The van der Waals surface area contributed by atoms with Crippen LogP contribution in [0.15, 0.2) is 47.5 Å². The summed E-state index contributed by atoms with van der Waals surface area (Å²) >= 11 is 0. The van der Waals surface area contributed by atoms with Crippen LogP contribution in [0.25, 0.3) is 0 Å². The van der Waals surface area contributed by atoms with Gasteiger partial charge >= 0.3 is 0 Å². The zero-order chi connectivity index (χ0) is 22.4. The van der Waals surface area contributed by atoms with Crippen molar-refractivity contribution in [2.45, 2.75) is 39.1 Å². The van der Waals surface area contributed by atoms with Gasteiger partial charge in [-0.25, -0.2) is 8.78 Å². The lowest BCUT2D eigenvalue weighted by Crippen LogP contribution is -2.48. The molecule has 2 aromatic carbocycles. The normalized spacial score (nSPS) is 19.3. The van der Waals surface area contributed by atoms with Crippen LogP contribution in [0.1, 0.15) is 35.3 Å². The van der Waals surface area contributed by atoms with E-state index < -0.39 is 11.6 Å². The number of ether oxygens (including phenoxy) is 1. The maximum atomic E-state index is 13.8. The molecule has 3 rings (SSSR count). The Balaban J connectivity index is 1.53. The number of benzene rings is 2. The molecule has 0 bridgehead atoms. The first-order chi connectivity index (χ1) is 14.9. The number of morpholine rings is 1. The van der Waals surface area contributed by atoms with Crippen molar-refractivity contribution in [3.05, 3.63) is 70.8 Å². The minimum Gasteiger partial charge on any atom is -0.372 e. The molecule has 0 radical (unpaired) electrons. The summed E-state index contributed by atoms with van der Waals surface area (Å²) in [5, 5.41) is 6.09. The van der Waals surface area contributed by atoms with E-state index in [9.17, 15) is 13.6 Å². The number of carbonyl (C=O) groups is 1. The number of amides is 1. The molecule has 0 spiro atoms. The lowest BCUT2D eigenvalue weighted by Gasteiger charge is -2.35. The van der Waals surface area contributed by atoms with Crippen molar-refractivity contribution in [3.8, 4) is 0 Å². The highest BCUT2D eigenvalue weighted by Gasteiger charge is 2.26. The molecule has 2 aromatic rings. The fourth-order valence-corrected chi connectivity index (χ4v) is 3.56. The molecular weight excluding hydrogens is 402 g/mol. The molecule has 2 N–H and O–H groups in total. The van der Waals surface area contributed by atoms with Gasteiger partial charge in [-0.3, -0.25) is 9.79 Å². The van der Waals surface area contributed by atoms with Crippen molar-refractivity contribution >= 4 is 11.9 Å². The zero-order valence-corrected chi connectivity index (χ0v) is 18.0. The molecule has 6 nitrogen and oxygen atoms in total. The van der Waals surface area contributed by atoms with Gasteiger partial charge in [0.1, 0.15) is 11.6 Å². The van der Waals surface area contributed by atoms with Crippen LogP contribution in [0.2, 0.25) is 0 Å². The fraction of sp³-hybridized carbons (Fsp3) is 0.391. The van der Waals surface area contributed by atoms with E-state index >= 15 is 0 Å². The van der Waals surface area contributed by atoms with Crippen molar-refractivity contribution in [2.24, 2.45) is 4.99 Å². The first kappa shape index (κ1) is 22.7. The van der Waals surface area contributed by atoms with Gasteiger partial charge in [-0.05, 0) is 49.7 Å². The summed E-state index contributed by atoms with van der Waals surface area (Å²) < 4.78 is 32.7. The monoisotopic (exact) mass is 430 g/mol. The molecule has 2 unspecified atom stereocenters. The van der Waals surface area contributed by atoms with Gasteiger partial charge in [-0.1, -0.05) is 12.1 Å². The number of aliphatic imine (C=N–C) groups is 1. The molecule has 2 atom stereocenters. The Morgan fingerprint density at radius 2 is 1.71 bits per heavy atom. The minimum atomic E-state index is -0.489. The van der Waals surface area contributed by atoms with Crippen LogP contribution in [0, 0.1) is 11.6 Å². The number of hydrogen-bond donors (Lipinski definition) is 2. The van der Waals surface area contributed by atoms with Gasteiger partial charge in [0.25, 0.3) is 5.91 Å². The van der Waals surface area contributed by atoms with Gasteiger partial charge in [0, 0.05) is 44.4 Å². The summed E-state index contributed by atoms with van der Waals surface area (Å²) in [7, 11) is 1.60. The summed E-state index contributed by atoms with van der Waals surface area (Å²) in [4.78, 5) is 18.7. The summed E-state index contributed by atoms with van der Waals surface area (Å²) in [6, 6.07) is 10.7. The van der Waals surface area contributed by atoms with Crippen LogP contribution >= 0.6 is 0 Å². The summed E-state index contributed by atoms with van der Waals surface area (Å²) in [5.74, 6) is -0.512. The highest BCUT2D eigenvalue weighted by Crippen LogP contribution is 2.15. The third kappa shape index (κ3) is 6.24. The number of carbonyl (C=O) groups excluding carboxylic acids is 1. The molecule has 166 valence electrons. The van der Waals surface area contributed by atoms with Crippen molar-refractivity contribution < 1.29 is 18.3 Å². The number of nitrogens with one attached hydrogen (secondary N) is 2. The van der Waals surface area contributed by atoms with Gasteiger partial charge in [-0.15, -0.1) is 0 Å². The SMILES string of the molecule is CN=C(NCc1ccc(C(=O)N2CC(C)OC(C)C2)cc1)NCc1cc(F)ccc1F. The van der Waals surface area contributed by atoms with Gasteiger partial charge in [0.15, 0.2) is 5.96 Å². The van der Waals surface area contributed by atoms with E-state index in [0.717, 1.165) is 23.8 Å². The van der Waals surface area contributed by atoms with Gasteiger partial charge in [0.2, 0.25) is 0 Å². The highest BCUT2D eigenvalue weighted by atomic mass is 19.1. The smallest absolute Gasteiger partial charge is 0.254 e. The first-order valence-corrected chi connectivity index (χ1v) is 10.3. The molecule has 1 aliphatic rings. The molecule has 1 fully saturated rings. The van der Waals surface area contributed by atoms with E-state index in [4.69, 9.17) is 4.74 Å². The lowest BCUT2D eigenvalue weighted by molar-refractivity contribution is -0.0586. The van der Waals surface area contributed by atoms with Crippen molar-refractivity contribution in [1.29, 1.82) is 0 Å². The molecule has 0 aromatic heterocycles. The molecule has 0 aliphatic carbocycles. The Bertz CT molecular complexity index is 924. The van der Waals surface area contributed by atoms with E-state index in [2.05, 4.69) is 15.6 Å². The number of rotatable bonds is 5. The minimum absolute atomic E-state index is 0.00361. The quantitative estimate of drug-likeness (QED) is 0.565. The average molecular weight is 430 g/mol. The number of nitrogens with zero attached hydrogens (tertiary/aromatic N) is 2. The van der Waals surface area contributed by atoms with E-state index in [-0.39, 0.29) is 30.2 Å². The second kappa shape index (κ2) is 10.3. The van der Waals surface area contributed by atoms with Crippen LogP contribution in [-0.4, -0.2) is 49.1 Å². The summed E-state index contributed by atoms with van der Waals surface area (Å²) in [6.45, 7) is 5.67. The standard InChI is InChI=1S/C23H28F2N4O2/c1-15-13-29(14-16(2)31-15)22(30)18-6-4-17(5-7-18)11-27-23(26-3)28-12-19-10-20(24)8-9-21(19)25/h4-10,15-16H,11-14H2,1-3H3,(H2,26,27,28). The van der Waals surface area contributed by atoms with Gasteiger partial charge < -0.3 is 20.3 Å². The fourth-order valence-electron chi connectivity index (χ4n) is 3.56. The Morgan fingerprint density at radius 3 is 2.35 bits per heavy atom. The summed E-state index contributed by atoms with van der Waals surface area (Å²) in [5.41, 5.74) is 1.81. The van der Waals surface area contributed by atoms with Crippen LogP contribution in [0.5, 0.6) is 0 Å². The van der Waals surface area contributed by atoms with E-state index in [1.54, 1.807) is 7.05 Å². The van der Waals surface area contributed by atoms with Gasteiger partial charge in [-0.2, -0.15) is 0 Å². The Morgan fingerprint density at radius 1 is 1.06 bits per heavy atom. The van der Waals surface area contributed by atoms with E-state index in [1.165, 1.54) is 0 Å². The zero-order valence-electron chi connectivity index (χ0n) is 18.0. The highest BCUT2D eigenvalue weighted by molar-refractivity contribution is 5.94.